The smallest absolute Gasteiger partial charge is 0.317 e. The summed E-state index contributed by atoms with van der Waals surface area (Å²) >= 11 is 0. The SMILES string of the molecule is O=C(NC1CC1)N1CCC[C@]2(CCN(CC3CC3)C2=O)C1. The van der Waals surface area contributed by atoms with Gasteiger partial charge in [-0.25, -0.2) is 4.79 Å². The van der Waals surface area contributed by atoms with E-state index < -0.39 is 0 Å². The summed E-state index contributed by atoms with van der Waals surface area (Å²) in [7, 11) is 0. The van der Waals surface area contributed by atoms with E-state index in [4.69, 9.17) is 0 Å². The zero-order valence-corrected chi connectivity index (χ0v) is 12.6. The second kappa shape index (κ2) is 4.89. The molecule has 0 aromatic heterocycles. The molecule has 2 aliphatic heterocycles. The molecule has 0 bridgehead atoms. The fourth-order valence-electron chi connectivity index (χ4n) is 3.86. The van der Waals surface area contributed by atoms with Gasteiger partial charge in [-0.1, -0.05) is 0 Å². The van der Waals surface area contributed by atoms with Crippen molar-refractivity contribution in [2.75, 3.05) is 26.2 Å². The lowest BCUT2D eigenvalue weighted by Crippen LogP contribution is -2.52. The molecule has 1 spiro atoms. The number of rotatable bonds is 3. The van der Waals surface area contributed by atoms with Gasteiger partial charge in [-0.15, -0.1) is 0 Å². The molecular weight excluding hydrogens is 266 g/mol. The minimum atomic E-state index is -0.270. The lowest BCUT2D eigenvalue weighted by molar-refractivity contribution is -0.138. The average Bonchev–Trinajstić information content (AvgIpc) is 3.38. The molecule has 4 fully saturated rings. The van der Waals surface area contributed by atoms with Crippen LogP contribution in [0, 0.1) is 11.3 Å². The van der Waals surface area contributed by atoms with E-state index in [1.807, 2.05) is 4.90 Å². The third-order valence-corrected chi connectivity index (χ3v) is 5.55. The maximum absolute atomic E-state index is 12.8. The van der Waals surface area contributed by atoms with E-state index in [1.54, 1.807) is 0 Å². The Morgan fingerprint density at radius 1 is 1.19 bits per heavy atom. The van der Waals surface area contributed by atoms with Crippen molar-refractivity contribution >= 4 is 11.9 Å². The second-order valence-corrected chi connectivity index (χ2v) is 7.47. The Bertz CT molecular complexity index is 458. The van der Waals surface area contributed by atoms with Crippen LogP contribution in [0.3, 0.4) is 0 Å². The highest BCUT2D eigenvalue weighted by molar-refractivity contribution is 5.86. The number of nitrogens with zero attached hydrogens (tertiary/aromatic N) is 2. The summed E-state index contributed by atoms with van der Waals surface area (Å²) in [6.45, 7) is 3.28. The van der Waals surface area contributed by atoms with Crippen LogP contribution in [-0.2, 0) is 4.79 Å². The minimum absolute atomic E-state index is 0.0463. The zero-order valence-electron chi connectivity index (χ0n) is 12.6. The first kappa shape index (κ1) is 13.4. The zero-order chi connectivity index (χ0) is 14.4. The predicted molar refractivity (Wildman–Crippen MR) is 78.7 cm³/mol. The topological polar surface area (TPSA) is 52.7 Å². The molecule has 0 aromatic carbocycles. The van der Waals surface area contributed by atoms with E-state index in [0.717, 1.165) is 57.7 Å². The first-order valence-corrected chi connectivity index (χ1v) is 8.51. The summed E-state index contributed by atoms with van der Waals surface area (Å²) in [5.74, 6) is 1.07. The van der Waals surface area contributed by atoms with Crippen LogP contribution in [-0.4, -0.2) is 54.0 Å². The van der Waals surface area contributed by atoms with Crippen LogP contribution < -0.4 is 5.32 Å². The Hall–Kier alpha value is -1.26. The van der Waals surface area contributed by atoms with Crippen LogP contribution in [0.1, 0.15) is 44.9 Å². The van der Waals surface area contributed by atoms with Crippen LogP contribution >= 0.6 is 0 Å². The van der Waals surface area contributed by atoms with E-state index >= 15 is 0 Å². The van der Waals surface area contributed by atoms with Gasteiger partial charge in [-0.3, -0.25) is 4.79 Å². The van der Waals surface area contributed by atoms with E-state index in [2.05, 4.69) is 10.2 Å². The molecule has 0 unspecified atom stereocenters. The van der Waals surface area contributed by atoms with E-state index in [-0.39, 0.29) is 11.4 Å². The van der Waals surface area contributed by atoms with Crippen molar-refractivity contribution in [2.24, 2.45) is 11.3 Å². The molecule has 5 heteroatoms. The van der Waals surface area contributed by atoms with Gasteiger partial charge in [-0.05, 0) is 50.9 Å². The molecule has 21 heavy (non-hydrogen) atoms. The van der Waals surface area contributed by atoms with Crippen molar-refractivity contribution in [3.05, 3.63) is 0 Å². The van der Waals surface area contributed by atoms with Crippen molar-refractivity contribution in [3.63, 3.8) is 0 Å². The van der Waals surface area contributed by atoms with Gasteiger partial charge in [0.05, 0.1) is 5.41 Å². The number of carbonyl (C=O) groups is 2. The third kappa shape index (κ3) is 2.62. The highest BCUT2D eigenvalue weighted by Gasteiger charge is 2.50. The number of hydrogen-bond acceptors (Lipinski definition) is 2. The summed E-state index contributed by atoms with van der Waals surface area (Å²) in [6.07, 6.45) is 7.64. The number of nitrogens with one attached hydrogen (secondary N) is 1. The number of carbonyl (C=O) groups excluding carboxylic acids is 2. The van der Waals surface area contributed by atoms with Gasteiger partial charge >= 0.3 is 6.03 Å². The van der Waals surface area contributed by atoms with E-state index in [9.17, 15) is 9.59 Å². The fraction of sp³-hybridized carbons (Fsp3) is 0.875. The fourth-order valence-corrected chi connectivity index (χ4v) is 3.86. The molecule has 4 aliphatic rings. The molecule has 2 saturated heterocycles. The highest BCUT2D eigenvalue weighted by atomic mass is 16.2. The Morgan fingerprint density at radius 2 is 2.00 bits per heavy atom. The third-order valence-electron chi connectivity index (χ3n) is 5.55. The van der Waals surface area contributed by atoms with Crippen molar-refractivity contribution in [3.8, 4) is 0 Å². The van der Waals surface area contributed by atoms with Gasteiger partial charge < -0.3 is 15.1 Å². The maximum atomic E-state index is 12.8. The largest absolute Gasteiger partial charge is 0.342 e. The number of hydrogen-bond donors (Lipinski definition) is 1. The molecule has 2 saturated carbocycles. The number of urea groups is 1. The highest BCUT2D eigenvalue weighted by Crippen LogP contribution is 2.42. The Kier molecular flexibility index (Phi) is 3.12. The van der Waals surface area contributed by atoms with Crippen LogP contribution in [0.5, 0.6) is 0 Å². The van der Waals surface area contributed by atoms with Gasteiger partial charge in [0.25, 0.3) is 0 Å². The van der Waals surface area contributed by atoms with Crippen LogP contribution in [0.15, 0.2) is 0 Å². The van der Waals surface area contributed by atoms with Gasteiger partial charge in [-0.2, -0.15) is 0 Å². The molecule has 2 heterocycles. The molecular formula is C16H25N3O2. The van der Waals surface area contributed by atoms with E-state index in [0.29, 0.717) is 18.5 Å². The Morgan fingerprint density at radius 3 is 2.71 bits per heavy atom. The number of piperidine rings is 1. The van der Waals surface area contributed by atoms with Gasteiger partial charge in [0.2, 0.25) is 5.91 Å². The number of amides is 3. The maximum Gasteiger partial charge on any atom is 0.317 e. The van der Waals surface area contributed by atoms with Crippen LogP contribution in [0.2, 0.25) is 0 Å². The first-order valence-electron chi connectivity index (χ1n) is 8.51. The normalized spacial score (nSPS) is 32.9. The minimum Gasteiger partial charge on any atom is -0.342 e. The van der Waals surface area contributed by atoms with Crippen LogP contribution in [0.4, 0.5) is 4.79 Å². The quantitative estimate of drug-likeness (QED) is 0.858. The molecule has 1 N–H and O–H groups in total. The summed E-state index contributed by atoms with van der Waals surface area (Å²) in [5.41, 5.74) is -0.270. The summed E-state index contributed by atoms with van der Waals surface area (Å²) in [5, 5.41) is 3.06. The van der Waals surface area contributed by atoms with Crippen LogP contribution in [0.25, 0.3) is 0 Å². The lowest BCUT2D eigenvalue weighted by atomic mass is 9.78. The summed E-state index contributed by atoms with van der Waals surface area (Å²) in [4.78, 5) is 29.0. The predicted octanol–water partition coefficient (Wildman–Crippen LogP) is 1.58. The van der Waals surface area contributed by atoms with Crippen molar-refractivity contribution in [1.29, 1.82) is 0 Å². The van der Waals surface area contributed by atoms with Gasteiger partial charge in [0, 0.05) is 32.2 Å². The molecule has 5 nitrogen and oxygen atoms in total. The Labute approximate surface area is 126 Å². The molecule has 0 aromatic rings. The molecule has 1 atom stereocenters. The molecule has 0 radical (unpaired) electrons. The number of likely N-dealkylation sites (tertiary alicyclic amines) is 2. The monoisotopic (exact) mass is 291 g/mol. The summed E-state index contributed by atoms with van der Waals surface area (Å²) in [6, 6.07) is 0.436. The molecule has 3 amide bonds. The van der Waals surface area contributed by atoms with Crippen molar-refractivity contribution in [2.45, 2.75) is 51.0 Å². The molecule has 4 rings (SSSR count). The molecule has 2 aliphatic carbocycles. The van der Waals surface area contributed by atoms with Crippen molar-refractivity contribution in [1.82, 2.24) is 15.1 Å². The summed E-state index contributed by atoms with van der Waals surface area (Å²) < 4.78 is 0. The Balaban J connectivity index is 1.41. The average molecular weight is 291 g/mol. The lowest BCUT2D eigenvalue weighted by Gasteiger charge is -2.39. The first-order chi connectivity index (χ1) is 10.2. The van der Waals surface area contributed by atoms with Gasteiger partial charge in [0.1, 0.15) is 0 Å². The van der Waals surface area contributed by atoms with Gasteiger partial charge in [0.15, 0.2) is 0 Å². The van der Waals surface area contributed by atoms with Crippen molar-refractivity contribution < 1.29 is 9.59 Å². The standard InChI is InChI=1S/C16H25N3O2/c20-14-16(7-9-18(14)10-12-2-3-12)6-1-8-19(11-16)15(21)17-13-4-5-13/h12-13H,1-11H2,(H,17,21)/t16-/m0/s1. The van der Waals surface area contributed by atoms with E-state index in [1.165, 1.54) is 12.8 Å². The second-order valence-electron chi connectivity index (χ2n) is 7.47. The molecule has 116 valence electrons.